The Balaban J connectivity index is 0.000000291. The van der Waals surface area contributed by atoms with Gasteiger partial charge in [0.25, 0.3) is 0 Å². The number of hydrogen-bond acceptors (Lipinski definition) is 0. The van der Waals surface area contributed by atoms with E-state index in [1.165, 1.54) is 5.56 Å². The molecule has 1 rings (SSSR count). The van der Waals surface area contributed by atoms with E-state index in [0.29, 0.717) is 0 Å². The van der Waals surface area contributed by atoms with Gasteiger partial charge in [0.15, 0.2) is 0 Å². The maximum atomic E-state index is 2.93. The van der Waals surface area contributed by atoms with E-state index in [4.69, 9.17) is 0 Å². The van der Waals surface area contributed by atoms with E-state index < -0.39 is 0 Å². The van der Waals surface area contributed by atoms with Crippen LogP contribution < -0.4 is 0 Å². The van der Waals surface area contributed by atoms with E-state index in [0.717, 1.165) is 0 Å². The number of rotatable bonds is 0. The van der Waals surface area contributed by atoms with Crippen molar-refractivity contribution in [1.29, 1.82) is 0 Å². The second-order valence-electron chi connectivity index (χ2n) is 1.58. The van der Waals surface area contributed by atoms with E-state index in [-0.39, 0.29) is 0 Å². The van der Waals surface area contributed by atoms with Gasteiger partial charge in [-0.15, -0.1) is 0 Å². The van der Waals surface area contributed by atoms with Crippen LogP contribution in [0.5, 0.6) is 0 Å². The monoisotopic (exact) mass is 154 g/mol. The van der Waals surface area contributed by atoms with Crippen LogP contribution in [0.15, 0.2) is 24.3 Å². The minimum absolute atomic E-state index is 1.29. The zero-order chi connectivity index (χ0) is 7.11. The van der Waals surface area contributed by atoms with Gasteiger partial charge < -0.3 is 0 Å². The summed E-state index contributed by atoms with van der Waals surface area (Å²) in [6.45, 7) is 2.06. The zero-order valence-electron chi connectivity index (χ0n) is 5.81. The molecule has 1 aromatic rings. The van der Waals surface area contributed by atoms with E-state index in [1.807, 2.05) is 49.9 Å². The molecule has 0 aliphatic carbocycles. The summed E-state index contributed by atoms with van der Waals surface area (Å²) in [7, 11) is 0. The van der Waals surface area contributed by atoms with Crippen LogP contribution in [0.2, 0.25) is 5.23 Å². The molecule has 9 heavy (non-hydrogen) atoms. The standard InChI is InChI=1S/C7H7.CH3.Ti/c1-7-5-3-2-4-6-7;;/h3-6H,1H3;1H3;. The summed E-state index contributed by atoms with van der Waals surface area (Å²) in [6.07, 6.45) is 0. The first-order chi connectivity index (χ1) is 4.39. The second-order valence-corrected chi connectivity index (χ2v) is 1.58. The van der Waals surface area contributed by atoms with E-state index in [9.17, 15) is 0 Å². The normalized spacial score (nSPS) is 7.22. The Kier molecular flexibility index (Phi) is 6.02. The first kappa shape index (κ1) is 8.93. The molecule has 0 aromatic heterocycles. The van der Waals surface area contributed by atoms with Gasteiger partial charge in [0.1, 0.15) is 0 Å². The molecule has 0 N–H and O–H groups in total. The van der Waals surface area contributed by atoms with Gasteiger partial charge in [0.2, 0.25) is 0 Å². The third kappa shape index (κ3) is 4.44. The average Bonchev–Trinajstić information content (AvgIpc) is 1.94. The molecule has 0 amide bonds. The third-order valence-electron chi connectivity index (χ3n) is 0.885. The summed E-state index contributed by atoms with van der Waals surface area (Å²) in [5.41, 5.74) is 1.29. The quantitative estimate of drug-likeness (QED) is 0.503. The summed E-state index contributed by atoms with van der Waals surface area (Å²) in [6, 6.07) is 10.8. The van der Waals surface area contributed by atoms with Gasteiger partial charge >= 0.3 is 25.7 Å². The zero-order valence-corrected chi connectivity index (χ0v) is 7.37. The molecule has 1 aromatic carbocycles. The van der Waals surface area contributed by atoms with E-state index in [1.54, 1.807) is 0 Å². The van der Waals surface area contributed by atoms with Crippen molar-refractivity contribution >= 4 is 0 Å². The Bertz CT molecular complexity index is 134. The van der Waals surface area contributed by atoms with Crippen LogP contribution in [0.1, 0.15) is 5.56 Å². The molecule has 1 heteroatoms. The predicted molar refractivity (Wildman–Crippen MR) is 35.9 cm³/mol. The van der Waals surface area contributed by atoms with Crippen LogP contribution in [0.3, 0.4) is 0 Å². The fourth-order valence-electron chi connectivity index (χ4n) is 0.470. The second kappa shape index (κ2) is 6.06. The molecule has 0 atom stereocenters. The Labute approximate surface area is 68.7 Å². The van der Waals surface area contributed by atoms with Gasteiger partial charge in [-0.3, -0.25) is 0 Å². The number of aryl methyl sites for hydroxylation is 1. The van der Waals surface area contributed by atoms with Gasteiger partial charge in [0, 0.05) is 0 Å². The summed E-state index contributed by atoms with van der Waals surface area (Å²) in [5, 5.41) is 2.00. The molecule has 0 unspecified atom stereocenters. The average molecular weight is 154 g/mol. The Hall–Kier alpha value is -0.0657. The summed E-state index contributed by atoms with van der Waals surface area (Å²) in [4.78, 5) is 0. The van der Waals surface area contributed by atoms with Crippen LogP contribution in [0, 0.1) is 13.0 Å². The van der Waals surface area contributed by atoms with Gasteiger partial charge in [0.05, 0.1) is 0 Å². The molecule has 0 spiro atoms. The molecular formula is C8H10Ti. The van der Waals surface area contributed by atoms with E-state index >= 15 is 0 Å². The molecular weight excluding hydrogens is 144 g/mol. The van der Waals surface area contributed by atoms with Crippen molar-refractivity contribution in [3.8, 4) is 0 Å². The third-order valence-corrected chi connectivity index (χ3v) is 0.885. The topological polar surface area (TPSA) is 0 Å². The van der Waals surface area contributed by atoms with Crippen molar-refractivity contribution in [3.63, 3.8) is 0 Å². The van der Waals surface area contributed by atoms with Crippen molar-refractivity contribution < 1.29 is 20.4 Å². The minimum atomic E-state index is 1.29. The molecule has 0 fully saturated rings. The molecule has 0 saturated heterocycles. The predicted octanol–water partition coefficient (Wildman–Crippen LogP) is 2.38. The molecule has 0 saturated carbocycles. The number of hydrogen-bond donors (Lipinski definition) is 0. The van der Waals surface area contributed by atoms with Crippen LogP contribution >= 0.6 is 0 Å². The SMILES string of the molecule is Cc1cc[c]cc1.[CH3][Ti]. The van der Waals surface area contributed by atoms with Crippen LogP contribution in [0.4, 0.5) is 0 Å². The van der Waals surface area contributed by atoms with Gasteiger partial charge in [-0.1, -0.05) is 29.8 Å². The maximum absolute atomic E-state index is 2.93. The van der Waals surface area contributed by atoms with Gasteiger partial charge in [-0.2, -0.15) is 0 Å². The summed E-state index contributed by atoms with van der Waals surface area (Å²) < 4.78 is 0. The van der Waals surface area contributed by atoms with Crippen molar-refractivity contribution in [3.05, 3.63) is 35.9 Å². The van der Waals surface area contributed by atoms with Crippen LogP contribution in [-0.4, -0.2) is 0 Å². The van der Waals surface area contributed by atoms with Crippen LogP contribution in [-0.2, 0) is 20.4 Å². The Morgan fingerprint density at radius 1 is 1.22 bits per heavy atom. The fraction of sp³-hybridized carbons (Fsp3) is 0.250. The van der Waals surface area contributed by atoms with E-state index in [2.05, 4.69) is 13.0 Å². The van der Waals surface area contributed by atoms with Crippen molar-refractivity contribution in [1.82, 2.24) is 0 Å². The van der Waals surface area contributed by atoms with Crippen molar-refractivity contribution in [2.45, 2.75) is 12.2 Å². The first-order valence-electron chi connectivity index (χ1n) is 2.82. The number of benzene rings is 1. The van der Waals surface area contributed by atoms with Gasteiger partial charge in [-0.25, -0.2) is 0 Å². The Morgan fingerprint density at radius 2 is 1.67 bits per heavy atom. The molecule has 0 bridgehead atoms. The van der Waals surface area contributed by atoms with Gasteiger partial charge in [-0.05, 0) is 13.0 Å². The molecule has 1 radical (unpaired) electrons. The summed E-state index contributed by atoms with van der Waals surface area (Å²) >= 11 is 2.00. The molecule has 0 aliphatic rings. The van der Waals surface area contributed by atoms with Crippen molar-refractivity contribution in [2.24, 2.45) is 0 Å². The van der Waals surface area contributed by atoms with Crippen LogP contribution in [0.25, 0.3) is 0 Å². The molecule has 0 aliphatic heterocycles. The first-order valence-corrected chi connectivity index (χ1v) is 4.38. The molecule has 0 heterocycles. The summed E-state index contributed by atoms with van der Waals surface area (Å²) in [5.74, 6) is 0. The fourth-order valence-corrected chi connectivity index (χ4v) is 0.470. The molecule has 46 valence electrons. The Morgan fingerprint density at radius 3 is 1.89 bits per heavy atom. The molecule has 0 nitrogen and oxygen atoms in total. The van der Waals surface area contributed by atoms with Crippen molar-refractivity contribution in [2.75, 3.05) is 0 Å².